The molecule has 0 spiro atoms. The molecule has 5 nitrogen and oxygen atoms in total. The molecule has 0 aromatic carbocycles. The van der Waals surface area contributed by atoms with Crippen molar-refractivity contribution < 1.29 is 14.4 Å². The molecule has 1 heterocycles. The molecule has 1 N–H and O–H groups in total. The lowest BCUT2D eigenvalue weighted by molar-refractivity contribution is -0.136. The van der Waals surface area contributed by atoms with Crippen molar-refractivity contribution in [3.63, 3.8) is 0 Å². The number of nitrogens with one attached hydrogen (secondary N) is 1. The van der Waals surface area contributed by atoms with Gasteiger partial charge in [0.05, 0.1) is 19.8 Å². The molecule has 1 saturated heterocycles. The molecule has 5 heteroatoms. The van der Waals surface area contributed by atoms with Crippen LogP contribution in [0.2, 0.25) is 0 Å². The lowest BCUT2D eigenvalue weighted by Crippen LogP contribution is -2.44. The van der Waals surface area contributed by atoms with Crippen LogP contribution in [0.1, 0.15) is 6.92 Å². The summed E-state index contributed by atoms with van der Waals surface area (Å²) >= 11 is 0. The van der Waals surface area contributed by atoms with Gasteiger partial charge in [0.2, 0.25) is 5.91 Å². The summed E-state index contributed by atoms with van der Waals surface area (Å²) in [5, 5.41) is 0. The minimum atomic E-state index is 0.0664. The van der Waals surface area contributed by atoms with Crippen molar-refractivity contribution in [1.82, 2.24) is 10.4 Å². The normalized spacial score (nSPS) is 17.5. The lowest BCUT2D eigenvalue weighted by Gasteiger charge is -2.26. The van der Waals surface area contributed by atoms with Crippen molar-refractivity contribution >= 4 is 5.91 Å². The summed E-state index contributed by atoms with van der Waals surface area (Å²) in [6.07, 6.45) is 0. The highest BCUT2D eigenvalue weighted by molar-refractivity contribution is 5.78. The van der Waals surface area contributed by atoms with Crippen LogP contribution < -0.4 is 5.48 Å². The molecule has 1 amide bonds. The van der Waals surface area contributed by atoms with Crippen LogP contribution in [0.5, 0.6) is 0 Å². The molecule has 0 radical (unpaired) electrons. The Hall–Kier alpha value is -0.650. The number of carbonyl (C=O) groups is 1. The molecule has 1 aliphatic rings. The first kappa shape index (κ1) is 10.4. The van der Waals surface area contributed by atoms with Gasteiger partial charge in [-0.05, 0) is 6.92 Å². The fourth-order valence-electron chi connectivity index (χ4n) is 1.14. The van der Waals surface area contributed by atoms with E-state index in [0.717, 1.165) is 0 Å². The van der Waals surface area contributed by atoms with Gasteiger partial charge in [-0.15, -0.1) is 0 Å². The van der Waals surface area contributed by atoms with E-state index in [-0.39, 0.29) is 12.5 Å². The van der Waals surface area contributed by atoms with Gasteiger partial charge in [0.15, 0.2) is 0 Å². The van der Waals surface area contributed by atoms with E-state index in [1.165, 1.54) is 0 Å². The van der Waals surface area contributed by atoms with Gasteiger partial charge in [-0.1, -0.05) is 0 Å². The Labute approximate surface area is 77.9 Å². The number of morpholine rings is 1. The predicted molar refractivity (Wildman–Crippen MR) is 47.0 cm³/mol. The number of amides is 1. The third-order valence-corrected chi connectivity index (χ3v) is 1.83. The Bertz CT molecular complexity index is 157. The summed E-state index contributed by atoms with van der Waals surface area (Å²) in [4.78, 5) is 18.0. The second kappa shape index (κ2) is 5.90. The predicted octanol–water partition coefficient (Wildman–Crippen LogP) is -0.614. The SMILES string of the molecule is CCONCC(=O)N1CCOCC1. The fraction of sp³-hybridized carbons (Fsp3) is 0.875. The molecule has 0 saturated carbocycles. The number of hydrogen-bond donors (Lipinski definition) is 1. The Morgan fingerprint density at radius 3 is 2.85 bits per heavy atom. The van der Waals surface area contributed by atoms with Gasteiger partial charge in [0, 0.05) is 13.1 Å². The standard InChI is InChI=1S/C8H16N2O3/c1-2-13-9-7-8(11)10-3-5-12-6-4-10/h9H,2-7H2,1H3. The van der Waals surface area contributed by atoms with E-state index in [4.69, 9.17) is 9.57 Å². The Morgan fingerprint density at radius 2 is 2.23 bits per heavy atom. The van der Waals surface area contributed by atoms with Crippen LogP contribution in [0.3, 0.4) is 0 Å². The summed E-state index contributed by atoms with van der Waals surface area (Å²) in [5.74, 6) is 0.0664. The zero-order valence-electron chi connectivity index (χ0n) is 7.91. The minimum Gasteiger partial charge on any atom is -0.378 e. The highest BCUT2D eigenvalue weighted by atomic mass is 16.6. The molecule has 1 fully saturated rings. The van der Waals surface area contributed by atoms with Crippen molar-refractivity contribution in [1.29, 1.82) is 0 Å². The molecular formula is C8H16N2O3. The lowest BCUT2D eigenvalue weighted by atomic mass is 10.4. The van der Waals surface area contributed by atoms with Crippen LogP contribution in [0.25, 0.3) is 0 Å². The number of ether oxygens (including phenoxy) is 1. The quantitative estimate of drug-likeness (QED) is 0.472. The summed E-state index contributed by atoms with van der Waals surface area (Å²) in [5.41, 5.74) is 2.60. The van der Waals surface area contributed by atoms with Gasteiger partial charge in [-0.2, -0.15) is 5.48 Å². The monoisotopic (exact) mass is 188 g/mol. The first-order chi connectivity index (χ1) is 6.34. The topological polar surface area (TPSA) is 50.8 Å². The Balaban J connectivity index is 2.13. The molecule has 0 bridgehead atoms. The van der Waals surface area contributed by atoms with Crippen LogP contribution in [0, 0.1) is 0 Å². The van der Waals surface area contributed by atoms with E-state index in [1.807, 2.05) is 6.92 Å². The molecule has 0 aliphatic carbocycles. The molecule has 1 rings (SSSR count). The van der Waals surface area contributed by atoms with Gasteiger partial charge >= 0.3 is 0 Å². The smallest absolute Gasteiger partial charge is 0.239 e. The maximum Gasteiger partial charge on any atom is 0.239 e. The highest BCUT2D eigenvalue weighted by Crippen LogP contribution is 1.96. The zero-order chi connectivity index (χ0) is 9.52. The van der Waals surface area contributed by atoms with Crippen molar-refractivity contribution in [2.75, 3.05) is 39.5 Å². The molecule has 1 aliphatic heterocycles. The van der Waals surface area contributed by atoms with Gasteiger partial charge < -0.3 is 14.5 Å². The minimum absolute atomic E-state index is 0.0664. The van der Waals surface area contributed by atoms with E-state index in [0.29, 0.717) is 32.9 Å². The van der Waals surface area contributed by atoms with Crippen molar-refractivity contribution in [2.24, 2.45) is 0 Å². The van der Waals surface area contributed by atoms with E-state index in [9.17, 15) is 4.79 Å². The van der Waals surface area contributed by atoms with Gasteiger partial charge in [-0.3, -0.25) is 4.79 Å². The summed E-state index contributed by atoms with van der Waals surface area (Å²) < 4.78 is 5.13. The van der Waals surface area contributed by atoms with Gasteiger partial charge in [0.25, 0.3) is 0 Å². The third-order valence-electron chi connectivity index (χ3n) is 1.83. The number of hydrogen-bond acceptors (Lipinski definition) is 4. The zero-order valence-corrected chi connectivity index (χ0v) is 7.91. The van der Waals surface area contributed by atoms with Crippen LogP contribution >= 0.6 is 0 Å². The molecule has 76 valence electrons. The molecular weight excluding hydrogens is 172 g/mol. The largest absolute Gasteiger partial charge is 0.378 e. The maximum absolute atomic E-state index is 11.4. The molecule has 0 aromatic rings. The molecule has 13 heavy (non-hydrogen) atoms. The maximum atomic E-state index is 11.4. The highest BCUT2D eigenvalue weighted by Gasteiger charge is 2.15. The average molecular weight is 188 g/mol. The number of carbonyl (C=O) groups excluding carboxylic acids is 1. The van der Waals surface area contributed by atoms with Crippen LogP contribution in [-0.2, 0) is 14.4 Å². The van der Waals surface area contributed by atoms with E-state index < -0.39 is 0 Å². The van der Waals surface area contributed by atoms with E-state index in [1.54, 1.807) is 4.90 Å². The number of nitrogens with zero attached hydrogens (tertiary/aromatic N) is 1. The first-order valence-corrected chi connectivity index (χ1v) is 4.54. The number of hydroxylamine groups is 1. The van der Waals surface area contributed by atoms with E-state index in [2.05, 4.69) is 5.48 Å². The van der Waals surface area contributed by atoms with Gasteiger partial charge in [0.1, 0.15) is 6.54 Å². The Morgan fingerprint density at radius 1 is 1.54 bits per heavy atom. The average Bonchev–Trinajstić information content (AvgIpc) is 2.19. The molecule has 0 aromatic heterocycles. The summed E-state index contributed by atoms with van der Waals surface area (Å²) in [6.45, 7) is 5.33. The van der Waals surface area contributed by atoms with E-state index >= 15 is 0 Å². The molecule has 0 atom stereocenters. The second-order valence-corrected chi connectivity index (χ2v) is 2.75. The van der Waals surface area contributed by atoms with Crippen LogP contribution in [0.4, 0.5) is 0 Å². The second-order valence-electron chi connectivity index (χ2n) is 2.75. The fourth-order valence-corrected chi connectivity index (χ4v) is 1.14. The molecule has 0 unspecified atom stereocenters. The van der Waals surface area contributed by atoms with Crippen LogP contribution in [-0.4, -0.2) is 50.3 Å². The van der Waals surface area contributed by atoms with Crippen molar-refractivity contribution in [2.45, 2.75) is 6.92 Å². The third kappa shape index (κ3) is 3.71. The summed E-state index contributed by atoms with van der Waals surface area (Å²) in [6, 6.07) is 0. The first-order valence-electron chi connectivity index (χ1n) is 4.54. The van der Waals surface area contributed by atoms with Crippen molar-refractivity contribution in [3.8, 4) is 0 Å². The van der Waals surface area contributed by atoms with Crippen LogP contribution in [0.15, 0.2) is 0 Å². The van der Waals surface area contributed by atoms with Gasteiger partial charge in [-0.25, -0.2) is 0 Å². The van der Waals surface area contributed by atoms with Crippen molar-refractivity contribution in [3.05, 3.63) is 0 Å². The summed E-state index contributed by atoms with van der Waals surface area (Å²) in [7, 11) is 0. The number of rotatable bonds is 4. The Kier molecular flexibility index (Phi) is 4.74.